The van der Waals surface area contributed by atoms with Crippen LogP contribution in [0.2, 0.25) is 5.02 Å². The van der Waals surface area contributed by atoms with Crippen LogP contribution in [0, 0.1) is 0 Å². The Morgan fingerprint density at radius 3 is 2.63 bits per heavy atom. The van der Waals surface area contributed by atoms with Crippen molar-refractivity contribution in [1.29, 1.82) is 0 Å². The first-order chi connectivity index (χ1) is 8.86. The highest BCUT2D eigenvalue weighted by Crippen LogP contribution is 2.14. The minimum atomic E-state index is 0. The molecule has 0 saturated carbocycles. The van der Waals surface area contributed by atoms with Crippen molar-refractivity contribution in [1.82, 2.24) is 10.3 Å². The minimum absolute atomic E-state index is 0. The molecule has 0 aliphatic rings. The molecule has 0 unspecified atom stereocenters. The van der Waals surface area contributed by atoms with Gasteiger partial charge in [0.2, 0.25) is 5.88 Å². The van der Waals surface area contributed by atoms with Gasteiger partial charge in [0, 0.05) is 30.4 Å². The van der Waals surface area contributed by atoms with E-state index in [0.717, 1.165) is 23.7 Å². The van der Waals surface area contributed by atoms with Crippen molar-refractivity contribution < 1.29 is 4.74 Å². The first kappa shape index (κ1) is 15.8. The first-order valence-corrected chi connectivity index (χ1v) is 6.22. The second-order valence-electron chi connectivity index (χ2n) is 3.78. The lowest BCUT2D eigenvalue weighted by Crippen LogP contribution is -2.20. The molecule has 0 aliphatic heterocycles. The molecule has 0 atom stereocenters. The minimum Gasteiger partial charge on any atom is -0.476 e. The van der Waals surface area contributed by atoms with Gasteiger partial charge in [0.1, 0.15) is 6.61 Å². The molecule has 0 radical (unpaired) electrons. The Bertz CT molecular complexity index is 480. The van der Waals surface area contributed by atoms with Gasteiger partial charge in [0.15, 0.2) is 0 Å². The molecule has 2 rings (SSSR count). The number of nitrogens with one attached hydrogen (secondary N) is 1. The lowest BCUT2D eigenvalue weighted by molar-refractivity contribution is 0.302. The Hall–Kier alpha value is -1.29. The number of halogens is 2. The van der Waals surface area contributed by atoms with Crippen LogP contribution in [-0.2, 0) is 6.54 Å². The number of aromatic nitrogens is 1. The van der Waals surface area contributed by atoms with Crippen LogP contribution in [0.3, 0.4) is 0 Å². The molecule has 5 heteroatoms. The maximum absolute atomic E-state index is 6.05. The highest BCUT2D eigenvalue weighted by molar-refractivity contribution is 6.31. The Kier molecular flexibility index (Phi) is 7.26. The predicted octanol–water partition coefficient (Wildman–Crippen LogP) is 3.33. The van der Waals surface area contributed by atoms with Crippen LogP contribution in [0.5, 0.6) is 5.88 Å². The van der Waals surface area contributed by atoms with E-state index in [0.29, 0.717) is 12.5 Å². The van der Waals surface area contributed by atoms with Gasteiger partial charge < -0.3 is 10.1 Å². The first-order valence-electron chi connectivity index (χ1n) is 5.84. The molecule has 1 aromatic carbocycles. The van der Waals surface area contributed by atoms with E-state index < -0.39 is 0 Å². The van der Waals surface area contributed by atoms with Crippen LogP contribution < -0.4 is 10.1 Å². The summed E-state index contributed by atoms with van der Waals surface area (Å²) >= 11 is 6.05. The van der Waals surface area contributed by atoms with Crippen molar-refractivity contribution in [3.63, 3.8) is 0 Å². The lowest BCUT2D eigenvalue weighted by Gasteiger charge is -2.07. The maximum atomic E-state index is 6.05. The van der Waals surface area contributed by atoms with Gasteiger partial charge in [-0.05, 0) is 17.7 Å². The van der Waals surface area contributed by atoms with Crippen molar-refractivity contribution >= 4 is 24.0 Å². The molecule has 0 fully saturated rings. The third kappa shape index (κ3) is 5.47. The van der Waals surface area contributed by atoms with Crippen LogP contribution in [-0.4, -0.2) is 18.1 Å². The molecule has 0 saturated heterocycles. The van der Waals surface area contributed by atoms with Crippen LogP contribution >= 0.6 is 24.0 Å². The predicted molar refractivity (Wildman–Crippen MR) is 80.1 cm³/mol. The third-order valence-electron chi connectivity index (χ3n) is 2.44. The summed E-state index contributed by atoms with van der Waals surface area (Å²) in [6.07, 6.45) is 1.71. The number of benzene rings is 1. The average molecular weight is 299 g/mol. The highest BCUT2D eigenvalue weighted by Gasteiger charge is 1.98. The molecular formula is C14H16Cl2N2O. The fourth-order valence-corrected chi connectivity index (χ4v) is 1.73. The zero-order valence-corrected chi connectivity index (χ0v) is 12.0. The molecule has 1 N–H and O–H groups in total. The second-order valence-corrected chi connectivity index (χ2v) is 4.19. The number of hydrogen-bond donors (Lipinski definition) is 1. The number of ether oxygens (including phenoxy) is 1. The van der Waals surface area contributed by atoms with Gasteiger partial charge >= 0.3 is 0 Å². The molecule has 2 aromatic rings. The van der Waals surface area contributed by atoms with Crippen LogP contribution in [0.1, 0.15) is 5.56 Å². The molecule has 1 heterocycles. The van der Waals surface area contributed by atoms with Gasteiger partial charge in [-0.25, -0.2) is 4.98 Å². The summed E-state index contributed by atoms with van der Waals surface area (Å²) < 4.78 is 5.47. The number of nitrogens with zero attached hydrogens (tertiary/aromatic N) is 1. The van der Waals surface area contributed by atoms with E-state index in [1.165, 1.54) is 0 Å². The number of hydrogen-bond acceptors (Lipinski definition) is 3. The smallest absolute Gasteiger partial charge is 0.213 e. The molecule has 0 spiro atoms. The van der Waals surface area contributed by atoms with E-state index in [2.05, 4.69) is 10.3 Å². The van der Waals surface area contributed by atoms with Crippen LogP contribution in [0.15, 0.2) is 48.7 Å². The molecule has 0 amide bonds. The monoisotopic (exact) mass is 298 g/mol. The molecule has 19 heavy (non-hydrogen) atoms. The topological polar surface area (TPSA) is 34.1 Å². The summed E-state index contributed by atoms with van der Waals surface area (Å²) in [5.74, 6) is 0.650. The van der Waals surface area contributed by atoms with Crippen molar-refractivity contribution in [3.8, 4) is 5.88 Å². The summed E-state index contributed by atoms with van der Waals surface area (Å²) in [5, 5.41) is 4.06. The van der Waals surface area contributed by atoms with Gasteiger partial charge in [-0.2, -0.15) is 0 Å². The quantitative estimate of drug-likeness (QED) is 0.831. The summed E-state index contributed by atoms with van der Waals surface area (Å²) in [6, 6.07) is 13.4. The van der Waals surface area contributed by atoms with E-state index in [4.69, 9.17) is 16.3 Å². The standard InChI is InChI=1S/C14H15ClN2O.ClH/c15-13-6-2-1-5-12(13)11-16-9-10-18-14-7-3-4-8-17-14;/h1-8,16H,9-11H2;1H. The largest absolute Gasteiger partial charge is 0.476 e. The Balaban J connectivity index is 0.00000180. The molecule has 102 valence electrons. The number of pyridine rings is 1. The van der Waals surface area contributed by atoms with Crippen LogP contribution in [0.4, 0.5) is 0 Å². The van der Waals surface area contributed by atoms with Gasteiger partial charge in [0.05, 0.1) is 0 Å². The summed E-state index contributed by atoms with van der Waals surface area (Å²) in [7, 11) is 0. The summed E-state index contributed by atoms with van der Waals surface area (Å²) in [6.45, 7) is 2.08. The second kappa shape index (κ2) is 8.75. The normalized spacial score (nSPS) is 9.74. The third-order valence-corrected chi connectivity index (χ3v) is 2.81. The molecule has 1 aromatic heterocycles. The van der Waals surface area contributed by atoms with E-state index in [1.54, 1.807) is 6.20 Å². The van der Waals surface area contributed by atoms with E-state index in [1.807, 2.05) is 42.5 Å². The molecule has 0 aliphatic carbocycles. The lowest BCUT2D eigenvalue weighted by atomic mass is 10.2. The fourth-order valence-electron chi connectivity index (χ4n) is 1.53. The molecular weight excluding hydrogens is 283 g/mol. The van der Waals surface area contributed by atoms with Crippen molar-refractivity contribution in [3.05, 3.63) is 59.2 Å². The Morgan fingerprint density at radius 2 is 1.89 bits per heavy atom. The Morgan fingerprint density at radius 1 is 1.11 bits per heavy atom. The van der Waals surface area contributed by atoms with Gasteiger partial charge in [-0.3, -0.25) is 0 Å². The van der Waals surface area contributed by atoms with Crippen molar-refractivity contribution in [2.45, 2.75) is 6.54 Å². The van der Waals surface area contributed by atoms with Gasteiger partial charge in [-0.1, -0.05) is 35.9 Å². The highest BCUT2D eigenvalue weighted by atomic mass is 35.5. The van der Waals surface area contributed by atoms with Crippen molar-refractivity contribution in [2.75, 3.05) is 13.2 Å². The maximum Gasteiger partial charge on any atom is 0.213 e. The zero-order valence-electron chi connectivity index (χ0n) is 10.4. The zero-order chi connectivity index (χ0) is 12.6. The van der Waals surface area contributed by atoms with E-state index in [9.17, 15) is 0 Å². The molecule has 3 nitrogen and oxygen atoms in total. The summed E-state index contributed by atoms with van der Waals surface area (Å²) in [4.78, 5) is 4.08. The average Bonchev–Trinajstić information content (AvgIpc) is 2.42. The van der Waals surface area contributed by atoms with Crippen LogP contribution in [0.25, 0.3) is 0 Å². The molecule has 0 bridgehead atoms. The van der Waals surface area contributed by atoms with Gasteiger partial charge in [-0.15, -0.1) is 12.4 Å². The van der Waals surface area contributed by atoms with E-state index >= 15 is 0 Å². The fraction of sp³-hybridized carbons (Fsp3) is 0.214. The van der Waals surface area contributed by atoms with Crippen molar-refractivity contribution in [2.24, 2.45) is 0 Å². The summed E-state index contributed by atoms with van der Waals surface area (Å²) in [5.41, 5.74) is 1.09. The number of rotatable bonds is 6. The van der Waals surface area contributed by atoms with E-state index in [-0.39, 0.29) is 12.4 Å². The SMILES string of the molecule is Cl.Clc1ccccc1CNCCOc1ccccn1. The Labute approximate surface area is 124 Å². The van der Waals surface area contributed by atoms with Gasteiger partial charge in [0.25, 0.3) is 0 Å².